The van der Waals surface area contributed by atoms with Crippen molar-refractivity contribution in [2.75, 3.05) is 0 Å². The maximum absolute atomic E-state index is 12.4. The highest BCUT2D eigenvalue weighted by atomic mass is 16.2. The fourth-order valence-electron chi connectivity index (χ4n) is 2.50. The third-order valence-corrected chi connectivity index (χ3v) is 3.95. The number of hydrogen-bond acceptors (Lipinski definition) is 2. The minimum atomic E-state index is -0.510. The summed E-state index contributed by atoms with van der Waals surface area (Å²) >= 11 is 0. The summed E-state index contributed by atoms with van der Waals surface area (Å²) in [5.41, 5.74) is 6.52. The summed E-state index contributed by atoms with van der Waals surface area (Å²) in [6.07, 6.45) is 3.12. The Balaban J connectivity index is 2.08. The van der Waals surface area contributed by atoms with Crippen molar-refractivity contribution in [3.8, 4) is 0 Å². The lowest BCUT2D eigenvalue weighted by Gasteiger charge is -2.27. The number of carbonyl (C=O) groups is 1. The van der Waals surface area contributed by atoms with Gasteiger partial charge in [0.15, 0.2) is 0 Å². The molecular formula is C15H22N2O. The number of rotatable bonds is 3. The second-order valence-electron chi connectivity index (χ2n) is 5.67. The van der Waals surface area contributed by atoms with Crippen molar-refractivity contribution < 1.29 is 4.79 Å². The zero-order chi connectivity index (χ0) is 13.2. The summed E-state index contributed by atoms with van der Waals surface area (Å²) in [6, 6.07) is 10.1. The molecule has 1 aromatic rings. The van der Waals surface area contributed by atoms with E-state index >= 15 is 0 Å². The molecule has 0 spiro atoms. The molecular weight excluding hydrogens is 224 g/mol. The SMILES string of the molecule is CC(C)(C(=O)NC1CCCC1N)c1ccccc1. The minimum absolute atomic E-state index is 0.0658. The molecule has 1 aromatic carbocycles. The maximum atomic E-state index is 12.4. The smallest absolute Gasteiger partial charge is 0.230 e. The predicted octanol–water partition coefficient (Wildman–Crippen LogP) is 1.96. The zero-order valence-electron chi connectivity index (χ0n) is 11.1. The first kappa shape index (κ1) is 13.1. The highest BCUT2D eigenvalue weighted by molar-refractivity contribution is 5.87. The Morgan fingerprint density at radius 3 is 2.50 bits per heavy atom. The number of benzene rings is 1. The van der Waals surface area contributed by atoms with Crippen LogP contribution in [0.4, 0.5) is 0 Å². The Morgan fingerprint density at radius 2 is 1.94 bits per heavy atom. The van der Waals surface area contributed by atoms with Crippen molar-refractivity contribution in [2.45, 2.75) is 50.6 Å². The lowest BCUT2D eigenvalue weighted by Crippen LogP contribution is -2.49. The second-order valence-corrected chi connectivity index (χ2v) is 5.67. The van der Waals surface area contributed by atoms with Crippen molar-refractivity contribution in [1.29, 1.82) is 0 Å². The molecule has 3 heteroatoms. The van der Waals surface area contributed by atoms with E-state index in [4.69, 9.17) is 5.73 Å². The molecule has 98 valence electrons. The molecule has 2 unspecified atom stereocenters. The van der Waals surface area contributed by atoms with Gasteiger partial charge in [-0.15, -0.1) is 0 Å². The van der Waals surface area contributed by atoms with Crippen LogP contribution in [-0.4, -0.2) is 18.0 Å². The first-order chi connectivity index (χ1) is 8.51. The van der Waals surface area contributed by atoms with E-state index in [0.29, 0.717) is 0 Å². The Hall–Kier alpha value is -1.35. The molecule has 18 heavy (non-hydrogen) atoms. The Morgan fingerprint density at radius 1 is 1.28 bits per heavy atom. The molecule has 0 heterocycles. The van der Waals surface area contributed by atoms with Crippen molar-refractivity contribution in [3.05, 3.63) is 35.9 Å². The molecule has 1 saturated carbocycles. The lowest BCUT2D eigenvalue weighted by atomic mass is 9.83. The van der Waals surface area contributed by atoms with Crippen LogP contribution in [0.25, 0.3) is 0 Å². The standard InChI is InChI=1S/C15H22N2O/c1-15(2,11-7-4-3-5-8-11)14(18)17-13-10-6-9-12(13)16/h3-5,7-8,12-13H,6,9-10,16H2,1-2H3,(H,17,18). The van der Waals surface area contributed by atoms with E-state index in [1.165, 1.54) is 0 Å². The highest BCUT2D eigenvalue weighted by Gasteiger charge is 2.33. The van der Waals surface area contributed by atoms with Crippen LogP contribution in [0, 0.1) is 0 Å². The number of amides is 1. The summed E-state index contributed by atoms with van der Waals surface area (Å²) in [5.74, 6) is 0.0658. The molecule has 0 radical (unpaired) electrons. The van der Waals surface area contributed by atoms with Gasteiger partial charge in [-0.2, -0.15) is 0 Å². The highest BCUT2D eigenvalue weighted by Crippen LogP contribution is 2.25. The monoisotopic (exact) mass is 246 g/mol. The van der Waals surface area contributed by atoms with Crippen LogP contribution in [0.3, 0.4) is 0 Å². The average Bonchev–Trinajstić information content (AvgIpc) is 2.76. The first-order valence-corrected chi connectivity index (χ1v) is 6.64. The molecule has 1 aliphatic carbocycles. The largest absolute Gasteiger partial charge is 0.351 e. The summed E-state index contributed by atoms with van der Waals surface area (Å²) in [7, 11) is 0. The van der Waals surface area contributed by atoms with E-state index in [1.54, 1.807) is 0 Å². The molecule has 0 saturated heterocycles. The van der Waals surface area contributed by atoms with E-state index in [0.717, 1.165) is 24.8 Å². The van der Waals surface area contributed by atoms with E-state index in [9.17, 15) is 4.79 Å². The first-order valence-electron chi connectivity index (χ1n) is 6.64. The van der Waals surface area contributed by atoms with Crippen LogP contribution < -0.4 is 11.1 Å². The predicted molar refractivity (Wildman–Crippen MR) is 73.2 cm³/mol. The molecule has 1 fully saturated rings. The Labute approximate surface area is 109 Å². The van der Waals surface area contributed by atoms with Crippen LogP contribution >= 0.6 is 0 Å². The van der Waals surface area contributed by atoms with E-state index in [1.807, 2.05) is 44.2 Å². The van der Waals surface area contributed by atoms with Gasteiger partial charge in [0.05, 0.1) is 5.41 Å². The third kappa shape index (κ3) is 2.56. The van der Waals surface area contributed by atoms with Crippen LogP contribution in [0.2, 0.25) is 0 Å². The van der Waals surface area contributed by atoms with E-state index < -0.39 is 5.41 Å². The van der Waals surface area contributed by atoms with Gasteiger partial charge < -0.3 is 11.1 Å². The van der Waals surface area contributed by atoms with Gasteiger partial charge in [-0.3, -0.25) is 4.79 Å². The van der Waals surface area contributed by atoms with Crippen molar-refractivity contribution >= 4 is 5.91 Å². The third-order valence-electron chi connectivity index (χ3n) is 3.95. The fourth-order valence-corrected chi connectivity index (χ4v) is 2.50. The zero-order valence-corrected chi connectivity index (χ0v) is 11.1. The van der Waals surface area contributed by atoms with Crippen LogP contribution in [0.15, 0.2) is 30.3 Å². The molecule has 1 aliphatic rings. The second kappa shape index (κ2) is 5.11. The summed E-state index contributed by atoms with van der Waals surface area (Å²) < 4.78 is 0. The minimum Gasteiger partial charge on any atom is -0.351 e. The normalized spacial score (nSPS) is 23.9. The van der Waals surface area contributed by atoms with Crippen molar-refractivity contribution in [3.63, 3.8) is 0 Å². The van der Waals surface area contributed by atoms with E-state index in [-0.39, 0.29) is 18.0 Å². The van der Waals surface area contributed by atoms with Gasteiger partial charge in [0.2, 0.25) is 5.91 Å². The quantitative estimate of drug-likeness (QED) is 0.856. The summed E-state index contributed by atoms with van der Waals surface area (Å²) in [4.78, 5) is 12.4. The van der Waals surface area contributed by atoms with Gasteiger partial charge in [0.1, 0.15) is 0 Å². The van der Waals surface area contributed by atoms with Crippen molar-refractivity contribution in [1.82, 2.24) is 5.32 Å². The van der Waals surface area contributed by atoms with Crippen molar-refractivity contribution in [2.24, 2.45) is 5.73 Å². The number of nitrogens with one attached hydrogen (secondary N) is 1. The Bertz CT molecular complexity index is 414. The molecule has 2 atom stereocenters. The summed E-state index contributed by atoms with van der Waals surface area (Å²) in [6.45, 7) is 3.91. The molecule has 0 aliphatic heterocycles. The number of nitrogens with two attached hydrogens (primary N) is 1. The lowest BCUT2D eigenvalue weighted by molar-refractivity contribution is -0.126. The van der Waals surface area contributed by atoms with Gasteiger partial charge in [-0.25, -0.2) is 0 Å². The van der Waals surface area contributed by atoms with Gasteiger partial charge in [0, 0.05) is 12.1 Å². The van der Waals surface area contributed by atoms with Gasteiger partial charge in [0.25, 0.3) is 0 Å². The maximum Gasteiger partial charge on any atom is 0.230 e. The Kier molecular flexibility index (Phi) is 3.71. The van der Waals surface area contributed by atoms with Gasteiger partial charge in [-0.05, 0) is 38.7 Å². The molecule has 1 amide bonds. The topological polar surface area (TPSA) is 55.1 Å². The van der Waals surface area contributed by atoms with E-state index in [2.05, 4.69) is 5.32 Å². The molecule has 0 bridgehead atoms. The number of hydrogen-bond donors (Lipinski definition) is 2. The number of carbonyl (C=O) groups excluding carboxylic acids is 1. The van der Waals surface area contributed by atoms with Gasteiger partial charge in [-0.1, -0.05) is 30.3 Å². The average molecular weight is 246 g/mol. The fraction of sp³-hybridized carbons (Fsp3) is 0.533. The van der Waals surface area contributed by atoms with Crippen LogP contribution in [0.5, 0.6) is 0 Å². The van der Waals surface area contributed by atoms with Crippen LogP contribution in [0.1, 0.15) is 38.7 Å². The van der Waals surface area contributed by atoms with Crippen LogP contribution in [-0.2, 0) is 10.2 Å². The molecule has 0 aromatic heterocycles. The molecule has 2 rings (SSSR count). The molecule has 3 N–H and O–H groups in total. The summed E-state index contributed by atoms with van der Waals surface area (Å²) in [5, 5.41) is 3.10. The van der Waals surface area contributed by atoms with Gasteiger partial charge >= 0.3 is 0 Å². The molecule has 3 nitrogen and oxygen atoms in total.